The molecule has 0 aliphatic carbocycles. The van der Waals surface area contributed by atoms with E-state index in [-0.39, 0.29) is 10.7 Å². The number of sulfonamides is 1. The van der Waals surface area contributed by atoms with E-state index in [4.69, 9.17) is 4.74 Å². The summed E-state index contributed by atoms with van der Waals surface area (Å²) in [6.07, 6.45) is 0. The number of anilines is 1. The Hall–Kier alpha value is -3.34. The molecular weight excluding hydrogens is 408 g/mol. The summed E-state index contributed by atoms with van der Waals surface area (Å²) >= 11 is 0. The van der Waals surface area contributed by atoms with Gasteiger partial charge in [-0.1, -0.05) is 12.1 Å². The van der Waals surface area contributed by atoms with E-state index < -0.39 is 51.9 Å². The third-order valence-electron chi connectivity index (χ3n) is 3.87. The van der Waals surface area contributed by atoms with Crippen molar-refractivity contribution in [1.82, 2.24) is 4.72 Å². The van der Waals surface area contributed by atoms with Gasteiger partial charge in [-0.3, -0.25) is 14.5 Å². The minimum atomic E-state index is -3.76. The Bertz CT molecular complexity index is 1120. The number of nitrogens with zero attached hydrogens (tertiary/aromatic N) is 1. The highest BCUT2D eigenvalue weighted by Crippen LogP contribution is 2.22. The van der Waals surface area contributed by atoms with Gasteiger partial charge in [-0.05, 0) is 31.2 Å². The van der Waals surface area contributed by atoms with Crippen LogP contribution in [0.15, 0.2) is 52.4 Å². The lowest BCUT2D eigenvalue weighted by molar-refractivity contribution is -0.148. The second kappa shape index (κ2) is 7.95. The van der Waals surface area contributed by atoms with E-state index in [1.54, 1.807) is 12.1 Å². The molecule has 29 heavy (non-hydrogen) atoms. The molecule has 11 heteroatoms. The Labute approximate surface area is 164 Å². The molecule has 0 bridgehead atoms. The monoisotopic (exact) mass is 423 g/mol. The summed E-state index contributed by atoms with van der Waals surface area (Å²) in [4.78, 5) is 27.9. The van der Waals surface area contributed by atoms with Gasteiger partial charge in [0.05, 0.1) is 10.6 Å². The number of hydrogen-bond acceptors (Lipinski definition) is 6. The quantitative estimate of drug-likeness (QED) is 0.709. The maximum Gasteiger partial charge on any atom is 0.331 e. The van der Waals surface area contributed by atoms with Crippen molar-refractivity contribution in [2.75, 3.05) is 11.9 Å². The summed E-state index contributed by atoms with van der Waals surface area (Å²) in [7, 11) is -3.76. The SMILES string of the molecule is C[C@H](N=C1NS(=O)(=O)c2ccccc21)C(=O)OCC(=O)Nc1cc(F)ccc1F. The molecule has 1 amide bonds. The van der Waals surface area contributed by atoms with Gasteiger partial charge in [0.1, 0.15) is 23.5 Å². The van der Waals surface area contributed by atoms with Crippen LogP contribution in [0.4, 0.5) is 14.5 Å². The molecule has 0 fully saturated rings. The van der Waals surface area contributed by atoms with Crippen molar-refractivity contribution in [1.29, 1.82) is 0 Å². The van der Waals surface area contributed by atoms with E-state index in [1.165, 1.54) is 19.1 Å². The molecule has 0 aromatic heterocycles. The number of aliphatic imine (C=N–C) groups is 1. The van der Waals surface area contributed by atoms with Crippen LogP contribution in [-0.2, 0) is 24.3 Å². The first-order valence-corrected chi connectivity index (χ1v) is 9.77. The summed E-state index contributed by atoms with van der Waals surface area (Å²) in [5.74, 6) is -3.40. The second-order valence-electron chi connectivity index (χ2n) is 6.04. The van der Waals surface area contributed by atoms with Crippen LogP contribution in [0.1, 0.15) is 12.5 Å². The maximum atomic E-state index is 13.5. The van der Waals surface area contributed by atoms with E-state index in [0.717, 1.165) is 18.2 Å². The highest BCUT2D eigenvalue weighted by molar-refractivity contribution is 7.90. The number of hydrogen-bond donors (Lipinski definition) is 2. The molecule has 2 aromatic carbocycles. The Kier molecular flexibility index (Phi) is 5.59. The maximum absolute atomic E-state index is 13.5. The molecule has 8 nitrogen and oxygen atoms in total. The number of esters is 1. The van der Waals surface area contributed by atoms with Crippen LogP contribution < -0.4 is 10.0 Å². The Balaban J connectivity index is 1.62. The molecule has 2 aromatic rings. The number of carbonyl (C=O) groups excluding carboxylic acids is 2. The molecule has 1 aliphatic rings. The van der Waals surface area contributed by atoms with E-state index in [2.05, 4.69) is 15.0 Å². The zero-order valence-electron chi connectivity index (χ0n) is 15.0. The average molecular weight is 423 g/mol. The highest BCUT2D eigenvalue weighted by atomic mass is 32.2. The second-order valence-corrected chi connectivity index (χ2v) is 7.69. The van der Waals surface area contributed by atoms with Gasteiger partial charge in [-0.15, -0.1) is 0 Å². The Morgan fingerprint density at radius 1 is 1.21 bits per heavy atom. The zero-order chi connectivity index (χ0) is 21.2. The molecule has 1 heterocycles. The van der Waals surface area contributed by atoms with Gasteiger partial charge in [0, 0.05) is 11.6 Å². The summed E-state index contributed by atoms with van der Waals surface area (Å²) in [6, 6.07) is 7.50. The minimum absolute atomic E-state index is 0.0173. The lowest BCUT2D eigenvalue weighted by atomic mass is 10.2. The summed E-state index contributed by atoms with van der Waals surface area (Å²) in [5.41, 5.74) is -0.0808. The fraction of sp³-hybridized carbons (Fsp3) is 0.167. The third-order valence-corrected chi connectivity index (χ3v) is 5.27. The van der Waals surface area contributed by atoms with Crippen molar-refractivity contribution in [3.05, 3.63) is 59.7 Å². The number of carbonyl (C=O) groups is 2. The van der Waals surface area contributed by atoms with Crippen molar-refractivity contribution in [2.24, 2.45) is 4.99 Å². The first kappa shape index (κ1) is 20.4. The van der Waals surface area contributed by atoms with Crippen molar-refractivity contribution in [2.45, 2.75) is 17.9 Å². The number of ether oxygens (including phenoxy) is 1. The van der Waals surface area contributed by atoms with E-state index in [1.807, 2.05) is 0 Å². The molecule has 1 atom stereocenters. The highest BCUT2D eigenvalue weighted by Gasteiger charge is 2.31. The predicted molar refractivity (Wildman–Crippen MR) is 98.7 cm³/mol. The molecule has 2 N–H and O–H groups in total. The number of amidine groups is 1. The van der Waals surface area contributed by atoms with Gasteiger partial charge in [-0.2, -0.15) is 0 Å². The molecule has 1 aliphatic heterocycles. The number of rotatable bonds is 5. The van der Waals surface area contributed by atoms with Crippen molar-refractivity contribution >= 4 is 33.4 Å². The van der Waals surface area contributed by atoms with Crippen molar-refractivity contribution in [3.63, 3.8) is 0 Å². The smallest absolute Gasteiger partial charge is 0.331 e. The fourth-order valence-corrected chi connectivity index (χ4v) is 3.75. The van der Waals surface area contributed by atoms with Crippen LogP contribution in [0, 0.1) is 11.6 Å². The largest absolute Gasteiger partial charge is 0.454 e. The number of fused-ring (bicyclic) bond motifs is 1. The van der Waals surface area contributed by atoms with Crippen LogP contribution in [0.3, 0.4) is 0 Å². The van der Waals surface area contributed by atoms with Crippen LogP contribution in [-0.4, -0.2) is 38.8 Å². The molecule has 0 spiro atoms. The van der Waals surface area contributed by atoms with E-state index in [0.29, 0.717) is 5.56 Å². The van der Waals surface area contributed by atoms with Crippen LogP contribution in [0.2, 0.25) is 0 Å². The van der Waals surface area contributed by atoms with Gasteiger partial charge >= 0.3 is 5.97 Å². The molecule has 0 unspecified atom stereocenters. The van der Waals surface area contributed by atoms with Crippen molar-refractivity contribution < 1.29 is 31.5 Å². The lowest BCUT2D eigenvalue weighted by Gasteiger charge is -2.10. The molecule has 152 valence electrons. The fourth-order valence-electron chi connectivity index (χ4n) is 2.51. The lowest BCUT2D eigenvalue weighted by Crippen LogP contribution is -2.29. The standard InChI is InChI=1S/C18H15F2N3O5S/c1-10(21-17-12-4-2-3-5-15(12)29(26,27)23-17)18(25)28-9-16(24)22-14-8-11(19)6-7-13(14)20/h2-8,10H,9H2,1H3,(H,21,23)(H,22,24)/t10-/m0/s1. The van der Waals surface area contributed by atoms with Gasteiger partial charge < -0.3 is 10.1 Å². The van der Waals surface area contributed by atoms with Crippen LogP contribution in [0.5, 0.6) is 0 Å². The van der Waals surface area contributed by atoms with Crippen molar-refractivity contribution in [3.8, 4) is 0 Å². The molecule has 0 saturated carbocycles. The van der Waals surface area contributed by atoms with E-state index in [9.17, 15) is 26.8 Å². The molecular formula is C18H15F2N3O5S. The number of amides is 1. The zero-order valence-corrected chi connectivity index (χ0v) is 15.8. The predicted octanol–water partition coefficient (Wildman–Crippen LogP) is 1.57. The topological polar surface area (TPSA) is 114 Å². The third kappa shape index (κ3) is 4.57. The van der Waals surface area contributed by atoms with Gasteiger partial charge in [0.25, 0.3) is 15.9 Å². The van der Waals surface area contributed by atoms with Gasteiger partial charge in [0.15, 0.2) is 6.61 Å². The van der Waals surface area contributed by atoms with Gasteiger partial charge in [0.2, 0.25) is 0 Å². The van der Waals surface area contributed by atoms with Gasteiger partial charge in [-0.25, -0.2) is 22.0 Å². The van der Waals surface area contributed by atoms with Crippen LogP contribution in [0.25, 0.3) is 0 Å². The summed E-state index contributed by atoms with van der Waals surface area (Å²) < 4.78 is 57.7. The van der Waals surface area contributed by atoms with Crippen LogP contribution >= 0.6 is 0 Å². The normalized spacial score (nSPS) is 16.6. The number of halogens is 2. The average Bonchev–Trinajstić information content (AvgIpc) is 2.93. The Morgan fingerprint density at radius 3 is 2.69 bits per heavy atom. The number of nitrogens with one attached hydrogen (secondary N) is 2. The molecule has 3 rings (SSSR count). The first-order chi connectivity index (χ1) is 13.7. The summed E-state index contributed by atoms with van der Waals surface area (Å²) in [5, 5.41) is 2.08. The Morgan fingerprint density at radius 2 is 1.93 bits per heavy atom. The molecule has 0 radical (unpaired) electrons. The van der Waals surface area contributed by atoms with E-state index >= 15 is 0 Å². The molecule has 0 saturated heterocycles. The minimum Gasteiger partial charge on any atom is -0.454 e. The number of benzene rings is 2. The summed E-state index contributed by atoms with van der Waals surface area (Å²) in [6.45, 7) is 0.598. The first-order valence-electron chi connectivity index (χ1n) is 8.29.